The molecule has 0 saturated heterocycles. The molecule has 4 aliphatic carbocycles. The molecule has 5 rings (SSSR count). The van der Waals surface area contributed by atoms with Crippen LogP contribution < -0.4 is 0 Å². The van der Waals surface area contributed by atoms with Gasteiger partial charge in [-0.2, -0.15) is 0 Å². The fourth-order valence-corrected chi connectivity index (χ4v) is 7.84. The Balaban J connectivity index is 1.48. The standard InChI is InChI=1S/C27H30F2O7/c1-14-9-16-17-11-19(28)18-10-15(30)6-7-24(18,2)26(17,29)21(31)12-25(16,3)27(14,34)22(32)13-36-23(33)20-5-4-8-35-20/h4-8,10,14,16-17,19,21,31,34H,9,11-13H2,1-3H3/t14-,16+,17+,19+,21+,24+,25+,26+,27+/m1/s1. The molecule has 2 N–H and O–H groups in total. The first kappa shape index (κ1) is 25.0. The number of allylic oxidation sites excluding steroid dienone is 4. The molecular formula is C27H30F2O7. The summed E-state index contributed by atoms with van der Waals surface area (Å²) in [5.41, 5.74) is -7.17. The predicted octanol–water partition coefficient (Wildman–Crippen LogP) is 3.30. The maximum atomic E-state index is 17.2. The third-order valence-corrected chi connectivity index (χ3v) is 9.69. The minimum atomic E-state index is -2.30. The molecule has 0 aliphatic heterocycles. The van der Waals surface area contributed by atoms with Gasteiger partial charge in [0, 0.05) is 16.7 Å². The number of fused-ring (bicyclic) bond motifs is 5. The van der Waals surface area contributed by atoms with Crippen LogP contribution in [0.25, 0.3) is 0 Å². The molecule has 0 spiro atoms. The molecule has 1 aromatic rings. The lowest BCUT2D eigenvalue weighted by Crippen LogP contribution is -2.70. The molecule has 0 radical (unpaired) electrons. The topological polar surface area (TPSA) is 114 Å². The molecule has 36 heavy (non-hydrogen) atoms. The van der Waals surface area contributed by atoms with E-state index in [0.717, 1.165) is 6.08 Å². The Morgan fingerprint density at radius 1 is 1.25 bits per heavy atom. The third kappa shape index (κ3) is 2.99. The number of esters is 1. The molecule has 0 amide bonds. The molecule has 194 valence electrons. The van der Waals surface area contributed by atoms with Gasteiger partial charge >= 0.3 is 5.97 Å². The van der Waals surface area contributed by atoms with Gasteiger partial charge in [-0.05, 0) is 67.9 Å². The molecular weight excluding hydrogens is 474 g/mol. The number of ether oxygens (including phenoxy) is 1. The van der Waals surface area contributed by atoms with Crippen molar-refractivity contribution in [2.45, 2.75) is 63.6 Å². The van der Waals surface area contributed by atoms with E-state index in [1.54, 1.807) is 13.8 Å². The van der Waals surface area contributed by atoms with E-state index < -0.39 is 76.3 Å². The minimum Gasteiger partial charge on any atom is -0.457 e. The second-order valence-corrected chi connectivity index (χ2v) is 11.2. The van der Waals surface area contributed by atoms with Crippen molar-refractivity contribution < 1.29 is 42.5 Å². The van der Waals surface area contributed by atoms with E-state index in [9.17, 15) is 24.6 Å². The Morgan fingerprint density at radius 2 is 1.97 bits per heavy atom. The summed E-state index contributed by atoms with van der Waals surface area (Å²) in [5.74, 6) is -4.48. The lowest BCUT2D eigenvalue weighted by molar-refractivity contribution is -0.223. The van der Waals surface area contributed by atoms with Gasteiger partial charge in [0.1, 0.15) is 11.8 Å². The van der Waals surface area contributed by atoms with Gasteiger partial charge in [0.05, 0.1) is 12.4 Å². The van der Waals surface area contributed by atoms with E-state index in [1.165, 1.54) is 37.5 Å². The van der Waals surface area contributed by atoms with Gasteiger partial charge in [-0.1, -0.05) is 19.9 Å². The molecule has 3 fully saturated rings. The molecule has 9 heteroatoms. The van der Waals surface area contributed by atoms with Crippen molar-refractivity contribution in [3.05, 3.63) is 48.0 Å². The lowest BCUT2D eigenvalue weighted by Gasteiger charge is -2.63. The zero-order valence-electron chi connectivity index (χ0n) is 20.4. The molecule has 0 unspecified atom stereocenters. The molecule has 4 aliphatic rings. The van der Waals surface area contributed by atoms with Gasteiger partial charge in [0.25, 0.3) is 0 Å². The summed E-state index contributed by atoms with van der Waals surface area (Å²) in [4.78, 5) is 37.5. The van der Waals surface area contributed by atoms with Crippen molar-refractivity contribution in [3.8, 4) is 0 Å². The van der Waals surface area contributed by atoms with Crippen LogP contribution in [0, 0.1) is 28.6 Å². The largest absolute Gasteiger partial charge is 0.457 e. The molecule has 1 aromatic heterocycles. The Hall–Kier alpha value is -2.65. The van der Waals surface area contributed by atoms with Gasteiger partial charge in [0.2, 0.25) is 11.5 Å². The number of hydrogen-bond donors (Lipinski definition) is 2. The first-order chi connectivity index (χ1) is 16.8. The van der Waals surface area contributed by atoms with E-state index in [-0.39, 0.29) is 30.6 Å². The van der Waals surface area contributed by atoms with Crippen LogP contribution in [0.5, 0.6) is 0 Å². The van der Waals surface area contributed by atoms with Gasteiger partial charge in [-0.25, -0.2) is 13.6 Å². The first-order valence-electron chi connectivity index (χ1n) is 12.2. The van der Waals surface area contributed by atoms with Gasteiger partial charge < -0.3 is 19.4 Å². The number of rotatable bonds is 4. The third-order valence-electron chi connectivity index (χ3n) is 9.69. The summed E-state index contributed by atoms with van der Waals surface area (Å²) < 4.78 is 42.7. The second-order valence-electron chi connectivity index (χ2n) is 11.2. The fraction of sp³-hybridized carbons (Fsp3) is 0.593. The fourth-order valence-electron chi connectivity index (χ4n) is 7.84. The van der Waals surface area contributed by atoms with Crippen molar-refractivity contribution in [1.82, 2.24) is 0 Å². The smallest absolute Gasteiger partial charge is 0.374 e. The summed E-state index contributed by atoms with van der Waals surface area (Å²) in [6, 6.07) is 2.87. The van der Waals surface area contributed by atoms with Crippen LogP contribution in [-0.2, 0) is 14.3 Å². The van der Waals surface area contributed by atoms with Gasteiger partial charge in [-0.15, -0.1) is 0 Å². The Labute approximate surface area is 207 Å². The average molecular weight is 505 g/mol. The number of ketones is 2. The normalized spacial score (nSPS) is 45.4. The van der Waals surface area contributed by atoms with Crippen LogP contribution in [0.1, 0.15) is 50.6 Å². The molecule has 1 heterocycles. The van der Waals surface area contributed by atoms with Crippen molar-refractivity contribution in [2.75, 3.05) is 6.61 Å². The summed E-state index contributed by atoms with van der Waals surface area (Å²) in [5, 5.41) is 23.2. The van der Waals surface area contributed by atoms with Crippen LogP contribution in [-0.4, -0.2) is 57.9 Å². The predicted molar refractivity (Wildman–Crippen MR) is 122 cm³/mol. The summed E-state index contributed by atoms with van der Waals surface area (Å²) in [7, 11) is 0. The zero-order valence-corrected chi connectivity index (χ0v) is 20.4. The Bertz CT molecular complexity index is 1170. The first-order valence-corrected chi connectivity index (χ1v) is 12.2. The number of Topliss-reactive ketones (excluding diaryl/α,β-unsaturated/α-hetero) is 1. The van der Waals surface area contributed by atoms with Crippen LogP contribution in [0.2, 0.25) is 0 Å². The summed E-state index contributed by atoms with van der Waals surface area (Å²) in [6.45, 7) is 4.04. The molecule has 9 atom stereocenters. The number of furan rings is 1. The van der Waals surface area contributed by atoms with Gasteiger partial charge in [0.15, 0.2) is 18.1 Å². The lowest BCUT2D eigenvalue weighted by atomic mass is 9.44. The van der Waals surface area contributed by atoms with Crippen molar-refractivity contribution in [3.63, 3.8) is 0 Å². The highest BCUT2D eigenvalue weighted by Gasteiger charge is 2.76. The number of aliphatic hydroxyl groups is 2. The number of aliphatic hydroxyl groups excluding tert-OH is 1. The number of hydrogen-bond acceptors (Lipinski definition) is 7. The molecule has 3 saturated carbocycles. The van der Waals surface area contributed by atoms with Crippen LogP contribution in [0.4, 0.5) is 8.78 Å². The van der Waals surface area contributed by atoms with Crippen molar-refractivity contribution >= 4 is 17.5 Å². The van der Waals surface area contributed by atoms with E-state index in [0.29, 0.717) is 0 Å². The van der Waals surface area contributed by atoms with E-state index in [2.05, 4.69) is 0 Å². The van der Waals surface area contributed by atoms with E-state index in [1.807, 2.05) is 0 Å². The summed E-state index contributed by atoms with van der Waals surface area (Å²) >= 11 is 0. The minimum absolute atomic E-state index is 0.0126. The highest BCUT2D eigenvalue weighted by Crippen LogP contribution is 2.70. The quantitative estimate of drug-likeness (QED) is 0.605. The number of carbonyl (C=O) groups excluding carboxylic acids is 3. The highest BCUT2D eigenvalue weighted by molar-refractivity contribution is 6.01. The maximum absolute atomic E-state index is 17.2. The summed E-state index contributed by atoms with van der Waals surface area (Å²) in [6.07, 6.45) is 1.38. The average Bonchev–Trinajstić information content (AvgIpc) is 3.43. The van der Waals surface area contributed by atoms with Gasteiger partial charge in [-0.3, -0.25) is 9.59 Å². The van der Waals surface area contributed by atoms with E-state index >= 15 is 8.78 Å². The molecule has 0 bridgehead atoms. The van der Waals surface area contributed by atoms with E-state index in [4.69, 9.17) is 9.15 Å². The maximum Gasteiger partial charge on any atom is 0.374 e. The SMILES string of the molecule is C[C@@H]1C[C@H]2[C@@H]3C[C@H](F)C4=CC(=O)C=C[C@]4(C)[C@@]3(F)[C@@H](O)C[C@]2(C)[C@@]1(O)C(=O)COC(=O)c1ccco1. The Kier molecular flexibility index (Phi) is 5.51. The second kappa shape index (κ2) is 7.92. The number of carbonyl (C=O) groups is 3. The zero-order chi connectivity index (χ0) is 26.3. The molecule has 7 nitrogen and oxygen atoms in total. The number of alkyl halides is 2. The van der Waals surface area contributed by atoms with Crippen LogP contribution in [0.3, 0.4) is 0 Å². The van der Waals surface area contributed by atoms with Crippen LogP contribution in [0.15, 0.2) is 46.6 Å². The van der Waals surface area contributed by atoms with Crippen molar-refractivity contribution in [2.24, 2.45) is 28.6 Å². The number of halogens is 2. The van der Waals surface area contributed by atoms with Crippen LogP contribution >= 0.6 is 0 Å². The monoisotopic (exact) mass is 504 g/mol. The Morgan fingerprint density at radius 3 is 2.64 bits per heavy atom. The highest BCUT2D eigenvalue weighted by atomic mass is 19.1. The molecule has 0 aromatic carbocycles. The van der Waals surface area contributed by atoms with Crippen molar-refractivity contribution in [1.29, 1.82) is 0 Å².